The average Bonchev–Trinajstić information content (AvgIpc) is 3.20. The summed E-state index contributed by atoms with van der Waals surface area (Å²) in [5, 5.41) is 4.95. The average molecular weight is 432 g/mol. The number of carbonyl (C=O) groups is 2. The second-order valence-electron chi connectivity index (χ2n) is 5.90. The molecule has 3 rings (SSSR count). The van der Waals surface area contributed by atoms with E-state index >= 15 is 0 Å². The van der Waals surface area contributed by atoms with E-state index in [0.29, 0.717) is 23.0 Å². The molecule has 29 heavy (non-hydrogen) atoms. The Morgan fingerprint density at radius 3 is 2.83 bits per heavy atom. The number of esters is 1. The molecule has 1 aromatic carbocycles. The number of carbonyl (C=O) groups excluding carboxylic acids is 2. The van der Waals surface area contributed by atoms with Gasteiger partial charge in [0.15, 0.2) is 11.2 Å². The number of methoxy groups -OCH3 is 1. The Morgan fingerprint density at radius 1 is 1.28 bits per heavy atom. The highest BCUT2D eigenvalue weighted by atomic mass is 35.5. The molecule has 1 N–H and O–H groups in total. The van der Waals surface area contributed by atoms with Crippen LogP contribution < -0.4 is 10.1 Å². The number of pyridine rings is 1. The van der Waals surface area contributed by atoms with Crippen LogP contribution in [0.2, 0.25) is 5.15 Å². The maximum absolute atomic E-state index is 12.6. The Hall–Kier alpha value is -2.97. The molecule has 0 radical (unpaired) electrons. The van der Waals surface area contributed by atoms with E-state index in [9.17, 15) is 9.59 Å². The van der Waals surface area contributed by atoms with E-state index in [1.54, 1.807) is 20.1 Å². The van der Waals surface area contributed by atoms with Crippen LogP contribution in [0, 0.1) is 0 Å². The van der Waals surface area contributed by atoms with Crippen molar-refractivity contribution in [1.82, 2.24) is 9.97 Å². The lowest BCUT2D eigenvalue weighted by Gasteiger charge is -2.15. The Balaban J connectivity index is 1.68. The number of hydrogen-bond donors (Lipinski definition) is 1. The first-order chi connectivity index (χ1) is 14.0. The zero-order valence-corrected chi connectivity index (χ0v) is 17.3. The number of hydrogen-bond acceptors (Lipinski definition) is 7. The minimum Gasteiger partial charge on any atom is -0.497 e. The molecular formula is C20H18ClN3O4S. The fraction of sp³-hybridized carbons (Fsp3) is 0.200. The topological polar surface area (TPSA) is 90.4 Å². The van der Waals surface area contributed by atoms with Crippen molar-refractivity contribution in [3.8, 4) is 17.0 Å². The van der Waals surface area contributed by atoms with Gasteiger partial charge in [0.1, 0.15) is 10.9 Å². The normalized spacial score (nSPS) is 11.6. The highest BCUT2D eigenvalue weighted by molar-refractivity contribution is 7.14. The van der Waals surface area contributed by atoms with Gasteiger partial charge in [-0.15, -0.1) is 11.3 Å². The van der Waals surface area contributed by atoms with E-state index in [-0.39, 0.29) is 10.7 Å². The third kappa shape index (κ3) is 5.10. The Kier molecular flexibility index (Phi) is 6.79. The number of rotatable bonds is 7. The van der Waals surface area contributed by atoms with Crippen LogP contribution in [-0.4, -0.2) is 35.1 Å². The Bertz CT molecular complexity index is 1020. The predicted molar refractivity (Wildman–Crippen MR) is 111 cm³/mol. The van der Waals surface area contributed by atoms with Gasteiger partial charge in [-0.05, 0) is 30.7 Å². The van der Waals surface area contributed by atoms with Crippen LogP contribution in [0.25, 0.3) is 11.3 Å². The third-order valence-electron chi connectivity index (χ3n) is 3.99. The first kappa shape index (κ1) is 20.8. The van der Waals surface area contributed by atoms with E-state index in [1.807, 2.05) is 29.6 Å². The van der Waals surface area contributed by atoms with Crippen LogP contribution in [0.5, 0.6) is 5.75 Å². The van der Waals surface area contributed by atoms with Gasteiger partial charge in [0, 0.05) is 17.1 Å². The highest BCUT2D eigenvalue weighted by Crippen LogP contribution is 2.27. The zero-order chi connectivity index (χ0) is 20.8. The molecule has 0 bridgehead atoms. The first-order valence-electron chi connectivity index (χ1n) is 8.74. The van der Waals surface area contributed by atoms with Crippen LogP contribution in [-0.2, 0) is 9.53 Å². The van der Waals surface area contributed by atoms with Crippen molar-refractivity contribution in [2.24, 2.45) is 0 Å². The number of benzene rings is 1. The predicted octanol–water partition coefficient (Wildman–Crippen LogP) is 4.44. The Morgan fingerprint density at radius 2 is 2.10 bits per heavy atom. The molecule has 2 aromatic heterocycles. The lowest BCUT2D eigenvalue weighted by molar-refractivity contribution is -0.124. The smallest absolute Gasteiger partial charge is 0.342 e. The number of halogens is 1. The van der Waals surface area contributed by atoms with Crippen molar-refractivity contribution < 1.29 is 19.1 Å². The summed E-state index contributed by atoms with van der Waals surface area (Å²) < 4.78 is 10.5. The molecule has 0 saturated heterocycles. The van der Waals surface area contributed by atoms with E-state index in [1.165, 1.54) is 23.6 Å². The van der Waals surface area contributed by atoms with Gasteiger partial charge in [-0.2, -0.15) is 0 Å². The zero-order valence-electron chi connectivity index (χ0n) is 15.7. The number of amides is 1. The first-order valence-corrected chi connectivity index (χ1v) is 10.00. The van der Waals surface area contributed by atoms with E-state index in [4.69, 9.17) is 21.1 Å². The van der Waals surface area contributed by atoms with Crippen LogP contribution in [0.15, 0.2) is 48.0 Å². The third-order valence-corrected chi connectivity index (χ3v) is 5.05. The number of aromatic nitrogens is 2. The molecule has 1 unspecified atom stereocenters. The van der Waals surface area contributed by atoms with E-state index < -0.39 is 18.0 Å². The maximum atomic E-state index is 12.6. The summed E-state index contributed by atoms with van der Waals surface area (Å²) in [4.78, 5) is 33.1. The molecule has 150 valence electrons. The van der Waals surface area contributed by atoms with Gasteiger partial charge in [0.05, 0.1) is 18.4 Å². The largest absolute Gasteiger partial charge is 0.497 e. The van der Waals surface area contributed by atoms with Crippen LogP contribution >= 0.6 is 22.9 Å². The minimum atomic E-state index is -0.983. The molecule has 0 aliphatic rings. The number of nitrogens with one attached hydrogen (secondary N) is 1. The lowest BCUT2D eigenvalue weighted by atomic mass is 10.2. The van der Waals surface area contributed by atoms with Crippen LogP contribution in [0.4, 0.5) is 5.13 Å². The number of ether oxygens (including phenoxy) is 2. The van der Waals surface area contributed by atoms with Crippen molar-refractivity contribution in [1.29, 1.82) is 0 Å². The molecule has 7 nitrogen and oxygen atoms in total. The summed E-state index contributed by atoms with van der Waals surface area (Å²) in [6.07, 6.45) is 0.776. The van der Waals surface area contributed by atoms with Crippen molar-refractivity contribution >= 4 is 39.9 Å². The van der Waals surface area contributed by atoms with E-state index in [2.05, 4.69) is 15.3 Å². The summed E-state index contributed by atoms with van der Waals surface area (Å²) in [6, 6.07) is 10.5. The summed E-state index contributed by atoms with van der Waals surface area (Å²) in [5.74, 6) is -0.457. The second-order valence-corrected chi connectivity index (χ2v) is 7.12. The highest BCUT2D eigenvalue weighted by Gasteiger charge is 2.24. The quantitative estimate of drug-likeness (QED) is 0.439. The second kappa shape index (κ2) is 9.49. The van der Waals surface area contributed by atoms with Crippen molar-refractivity contribution in [3.05, 3.63) is 58.7 Å². The summed E-state index contributed by atoms with van der Waals surface area (Å²) in [6.45, 7) is 1.74. The fourth-order valence-electron chi connectivity index (χ4n) is 2.49. The fourth-order valence-corrected chi connectivity index (χ4v) is 3.40. The van der Waals surface area contributed by atoms with Gasteiger partial charge < -0.3 is 9.47 Å². The number of thiazole rings is 1. The minimum absolute atomic E-state index is 0.0237. The summed E-state index contributed by atoms with van der Waals surface area (Å²) in [5.41, 5.74) is 1.68. The molecule has 0 spiro atoms. The van der Waals surface area contributed by atoms with Gasteiger partial charge in [-0.3, -0.25) is 10.1 Å². The Labute approximate surface area is 176 Å². The molecular weight excluding hydrogens is 414 g/mol. The van der Waals surface area contributed by atoms with Crippen LogP contribution in [0.3, 0.4) is 0 Å². The molecule has 3 aromatic rings. The van der Waals surface area contributed by atoms with Crippen molar-refractivity contribution in [2.75, 3.05) is 12.4 Å². The molecule has 0 aliphatic heterocycles. The standard InChI is InChI=1S/C20H18ClN3O4S/c1-3-16(28-19(26)14-8-5-9-22-17(14)21)18(25)24-20-23-15(11-29-20)12-6-4-7-13(10-12)27-2/h4-11,16H,3H2,1-2H3,(H,23,24,25). The summed E-state index contributed by atoms with van der Waals surface area (Å²) in [7, 11) is 1.59. The number of anilines is 1. The molecule has 9 heteroatoms. The SMILES string of the molecule is CCC(OC(=O)c1cccnc1Cl)C(=O)Nc1nc(-c2cccc(OC)c2)cs1. The van der Waals surface area contributed by atoms with Crippen LogP contribution in [0.1, 0.15) is 23.7 Å². The molecule has 2 heterocycles. The molecule has 1 amide bonds. The molecule has 0 saturated carbocycles. The van der Waals surface area contributed by atoms with Gasteiger partial charge in [0.25, 0.3) is 5.91 Å². The van der Waals surface area contributed by atoms with Gasteiger partial charge >= 0.3 is 5.97 Å². The molecule has 0 aliphatic carbocycles. The summed E-state index contributed by atoms with van der Waals surface area (Å²) >= 11 is 7.18. The van der Waals surface area contributed by atoms with Crippen molar-refractivity contribution in [2.45, 2.75) is 19.4 Å². The van der Waals surface area contributed by atoms with Crippen molar-refractivity contribution in [3.63, 3.8) is 0 Å². The molecule has 1 atom stereocenters. The lowest BCUT2D eigenvalue weighted by Crippen LogP contribution is -2.32. The van der Waals surface area contributed by atoms with Gasteiger partial charge in [-0.25, -0.2) is 14.8 Å². The maximum Gasteiger partial charge on any atom is 0.342 e. The van der Waals surface area contributed by atoms with Gasteiger partial charge in [0.2, 0.25) is 0 Å². The monoisotopic (exact) mass is 431 g/mol. The number of nitrogens with zero attached hydrogens (tertiary/aromatic N) is 2. The van der Waals surface area contributed by atoms with Gasteiger partial charge in [-0.1, -0.05) is 30.7 Å². The van der Waals surface area contributed by atoms with E-state index in [0.717, 1.165) is 5.56 Å². The molecule has 0 fully saturated rings.